The van der Waals surface area contributed by atoms with Crippen LogP contribution >= 0.6 is 12.4 Å². The van der Waals surface area contributed by atoms with Crippen LogP contribution in [0.4, 0.5) is 0 Å². The SMILES string of the molecule is CCCN(C(=O)CCn1c(=O)n(C)c2ccccc21)C1CCNC1.Cl. The first-order chi connectivity index (χ1) is 11.6. The van der Waals surface area contributed by atoms with Crippen molar-refractivity contribution in [2.75, 3.05) is 19.6 Å². The Morgan fingerprint density at radius 2 is 2.04 bits per heavy atom. The summed E-state index contributed by atoms with van der Waals surface area (Å²) in [6, 6.07) is 8.01. The first-order valence-electron chi connectivity index (χ1n) is 8.78. The van der Waals surface area contributed by atoms with Gasteiger partial charge in [0.25, 0.3) is 0 Å². The molecular formula is C18H27ClN4O2. The molecule has 1 N–H and O–H groups in total. The molecule has 0 bridgehead atoms. The van der Waals surface area contributed by atoms with Crippen molar-refractivity contribution in [2.45, 2.75) is 38.8 Å². The van der Waals surface area contributed by atoms with Crippen molar-refractivity contribution in [1.29, 1.82) is 0 Å². The van der Waals surface area contributed by atoms with Crippen LogP contribution in [0.15, 0.2) is 29.1 Å². The molecule has 0 radical (unpaired) electrons. The van der Waals surface area contributed by atoms with E-state index in [-0.39, 0.29) is 24.0 Å². The fourth-order valence-corrected chi connectivity index (χ4v) is 3.59. The second kappa shape index (κ2) is 8.54. The lowest BCUT2D eigenvalue weighted by Crippen LogP contribution is -2.42. The van der Waals surface area contributed by atoms with Crippen molar-refractivity contribution in [3.63, 3.8) is 0 Å². The number of amides is 1. The number of imidazole rings is 1. The molecule has 138 valence electrons. The Bertz CT molecular complexity index is 777. The largest absolute Gasteiger partial charge is 0.338 e. The Labute approximate surface area is 154 Å². The van der Waals surface area contributed by atoms with E-state index in [0.717, 1.165) is 43.5 Å². The van der Waals surface area contributed by atoms with E-state index in [1.807, 2.05) is 29.2 Å². The Balaban J connectivity index is 0.00000225. The van der Waals surface area contributed by atoms with E-state index >= 15 is 0 Å². The highest BCUT2D eigenvalue weighted by Crippen LogP contribution is 2.14. The summed E-state index contributed by atoms with van der Waals surface area (Å²) in [4.78, 5) is 27.2. The number of rotatable bonds is 6. The fraction of sp³-hybridized carbons (Fsp3) is 0.556. The van der Waals surface area contributed by atoms with Gasteiger partial charge in [-0.1, -0.05) is 19.1 Å². The molecule has 3 rings (SSSR count). The summed E-state index contributed by atoms with van der Waals surface area (Å²) >= 11 is 0. The quantitative estimate of drug-likeness (QED) is 0.847. The predicted molar refractivity (Wildman–Crippen MR) is 102 cm³/mol. The second-order valence-electron chi connectivity index (χ2n) is 6.47. The maximum atomic E-state index is 12.7. The Morgan fingerprint density at radius 3 is 2.68 bits per heavy atom. The van der Waals surface area contributed by atoms with Gasteiger partial charge in [0, 0.05) is 39.1 Å². The Kier molecular flexibility index (Phi) is 6.67. The van der Waals surface area contributed by atoms with Gasteiger partial charge in [-0.25, -0.2) is 4.79 Å². The third-order valence-corrected chi connectivity index (χ3v) is 4.86. The summed E-state index contributed by atoms with van der Waals surface area (Å²) in [7, 11) is 1.77. The van der Waals surface area contributed by atoms with Crippen LogP contribution < -0.4 is 11.0 Å². The number of hydrogen-bond acceptors (Lipinski definition) is 3. The third-order valence-electron chi connectivity index (χ3n) is 4.86. The topological polar surface area (TPSA) is 59.3 Å². The molecule has 1 aromatic heterocycles. The minimum Gasteiger partial charge on any atom is -0.338 e. The maximum absolute atomic E-state index is 12.7. The van der Waals surface area contributed by atoms with Gasteiger partial charge < -0.3 is 10.2 Å². The molecule has 1 amide bonds. The number of nitrogens with zero attached hydrogens (tertiary/aromatic N) is 3. The number of aromatic nitrogens is 2. The molecule has 0 saturated carbocycles. The summed E-state index contributed by atoms with van der Waals surface area (Å²) in [5.41, 5.74) is 1.73. The summed E-state index contributed by atoms with van der Waals surface area (Å²) < 4.78 is 3.36. The molecule has 25 heavy (non-hydrogen) atoms. The van der Waals surface area contributed by atoms with Crippen LogP contribution in [0, 0.1) is 0 Å². The van der Waals surface area contributed by atoms with Crippen LogP contribution in [0.5, 0.6) is 0 Å². The lowest BCUT2D eigenvalue weighted by atomic mass is 10.2. The summed E-state index contributed by atoms with van der Waals surface area (Å²) in [5, 5.41) is 3.32. The van der Waals surface area contributed by atoms with Crippen molar-refractivity contribution in [2.24, 2.45) is 7.05 Å². The standard InChI is InChI=1S/C18H26N4O2.ClH/c1-3-11-21(14-8-10-19-13-14)17(23)9-12-22-16-7-5-4-6-15(16)20(2)18(22)24;/h4-7,14,19H,3,8-13H2,1-2H3;1H. The normalized spacial score (nSPS) is 16.8. The molecule has 2 heterocycles. The molecule has 1 atom stereocenters. The first-order valence-corrected chi connectivity index (χ1v) is 8.78. The number of para-hydroxylation sites is 2. The molecular weight excluding hydrogens is 340 g/mol. The minimum atomic E-state index is -0.0615. The molecule has 0 aliphatic carbocycles. The molecule has 7 heteroatoms. The molecule has 0 spiro atoms. The highest BCUT2D eigenvalue weighted by molar-refractivity contribution is 5.85. The van der Waals surface area contributed by atoms with E-state index < -0.39 is 0 Å². The van der Waals surface area contributed by atoms with E-state index in [1.165, 1.54) is 0 Å². The zero-order valence-electron chi connectivity index (χ0n) is 14.9. The van der Waals surface area contributed by atoms with E-state index in [1.54, 1.807) is 16.2 Å². The molecule has 1 aliphatic rings. The zero-order chi connectivity index (χ0) is 17.1. The van der Waals surface area contributed by atoms with Gasteiger partial charge in [-0.3, -0.25) is 13.9 Å². The number of carbonyl (C=O) groups is 1. The van der Waals surface area contributed by atoms with Crippen LogP contribution in [0.3, 0.4) is 0 Å². The van der Waals surface area contributed by atoms with Gasteiger partial charge >= 0.3 is 5.69 Å². The van der Waals surface area contributed by atoms with E-state index in [9.17, 15) is 9.59 Å². The molecule has 2 aromatic rings. The van der Waals surface area contributed by atoms with Crippen LogP contribution in [0.1, 0.15) is 26.2 Å². The summed E-state index contributed by atoms with van der Waals surface area (Å²) in [6.45, 7) is 5.16. The zero-order valence-corrected chi connectivity index (χ0v) is 15.7. The summed E-state index contributed by atoms with van der Waals surface area (Å²) in [5.74, 6) is 0.144. The van der Waals surface area contributed by atoms with Gasteiger partial charge in [-0.2, -0.15) is 0 Å². The van der Waals surface area contributed by atoms with Gasteiger partial charge in [-0.05, 0) is 31.5 Å². The number of nitrogens with one attached hydrogen (secondary N) is 1. The second-order valence-corrected chi connectivity index (χ2v) is 6.47. The Morgan fingerprint density at radius 1 is 1.32 bits per heavy atom. The molecule has 1 unspecified atom stereocenters. The van der Waals surface area contributed by atoms with Crippen molar-refractivity contribution >= 4 is 29.3 Å². The number of carbonyl (C=O) groups excluding carboxylic acids is 1. The lowest BCUT2D eigenvalue weighted by molar-refractivity contribution is -0.133. The number of benzene rings is 1. The molecule has 1 aromatic carbocycles. The van der Waals surface area contributed by atoms with Crippen molar-refractivity contribution in [1.82, 2.24) is 19.4 Å². The van der Waals surface area contributed by atoms with Crippen LogP contribution in [-0.4, -0.2) is 45.6 Å². The predicted octanol–water partition coefficient (Wildman–Crippen LogP) is 1.75. The number of halogens is 1. The van der Waals surface area contributed by atoms with Gasteiger partial charge in [0.15, 0.2) is 0 Å². The van der Waals surface area contributed by atoms with Crippen LogP contribution in [0.2, 0.25) is 0 Å². The third kappa shape index (κ3) is 3.90. The Hall–Kier alpha value is -1.79. The first kappa shape index (κ1) is 19.5. The molecule has 1 fully saturated rings. The van der Waals surface area contributed by atoms with Gasteiger partial charge in [-0.15, -0.1) is 12.4 Å². The smallest absolute Gasteiger partial charge is 0.328 e. The van der Waals surface area contributed by atoms with Gasteiger partial charge in [0.2, 0.25) is 5.91 Å². The van der Waals surface area contributed by atoms with Crippen LogP contribution in [-0.2, 0) is 18.4 Å². The van der Waals surface area contributed by atoms with E-state index in [4.69, 9.17) is 0 Å². The number of fused-ring (bicyclic) bond motifs is 1. The minimum absolute atomic E-state index is 0. The van der Waals surface area contributed by atoms with Crippen molar-refractivity contribution in [3.8, 4) is 0 Å². The maximum Gasteiger partial charge on any atom is 0.328 e. The highest BCUT2D eigenvalue weighted by atomic mass is 35.5. The average molecular weight is 367 g/mol. The van der Waals surface area contributed by atoms with E-state index in [0.29, 0.717) is 19.0 Å². The molecule has 1 aliphatic heterocycles. The molecule has 6 nitrogen and oxygen atoms in total. The van der Waals surface area contributed by atoms with Gasteiger partial charge in [0.05, 0.1) is 11.0 Å². The van der Waals surface area contributed by atoms with Crippen LogP contribution in [0.25, 0.3) is 11.0 Å². The molecule has 1 saturated heterocycles. The number of hydrogen-bond donors (Lipinski definition) is 1. The van der Waals surface area contributed by atoms with Crippen molar-refractivity contribution in [3.05, 3.63) is 34.7 Å². The van der Waals surface area contributed by atoms with Gasteiger partial charge in [0.1, 0.15) is 0 Å². The monoisotopic (exact) mass is 366 g/mol. The lowest BCUT2D eigenvalue weighted by Gasteiger charge is -2.28. The van der Waals surface area contributed by atoms with E-state index in [2.05, 4.69) is 12.2 Å². The fourth-order valence-electron chi connectivity index (χ4n) is 3.59. The van der Waals surface area contributed by atoms with Crippen molar-refractivity contribution < 1.29 is 4.79 Å². The summed E-state index contributed by atoms with van der Waals surface area (Å²) in [6.07, 6.45) is 2.33. The average Bonchev–Trinajstić information content (AvgIpc) is 3.20. The highest BCUT2D eigenvalue weighted by Gasteiger charge is 2.25. The number of aryl methyl sites for hydroxylation is 2.